The highest BCUT2D eigenvalue weighted by Crippen LogP contribution is 2.55. The lowest BCUT2D eigenvalue weighted by Gasteiger charge is -2.19. The molecule has 0 N–H and O–H groups in total. The molecule has 1 saturated heterocycles. The number of rotatable bonds is 4. The van der Waals surface area contributed by atoms with Gasteiger partial charge < -0.3 is 4.74 Å². The van der Waals surface area contributed by atoms with Gasteiger partial charge in [-0.2, -0.15) is 0 Å². The SMILES string of the molecule is CC1=C[C@@H]2C[C@H]1[C@H]1C(=O)N(c3ccc(C(=O)OCc4ccc(Cl)cc4)cc3)C(=O)[C@@H]12. The summed E-state index contributed by atoms with van der Waals surface area (Å²) < 4.78 is 5.33. The average molecular weight is 422 g/mol. The molecule has 0 radical (unpaired) electrons. The third kappa shape index (κ3) is 2.96. The number of carbonyl (C=O) groups is 3. The molecule has 2 bridgehead atoms. The fourth-order valence-electron chi connectivity index (χ4n) is 5.09. The molecule has 2 fully saturated rings. The predicted molar refractivity (Wildman–Crippen MR) is 112 cm³/mol. The largest absolute Gasteiger partial charge is 0.457 e. The first-order valence-corrected chi connectivity index (χ1v) is 10.4. The highest BCUT2D eigenvalue weighted by molar-refractivity contribution is 6.30. The van der Waals surface area contributed by atoms with E-state index in [4.69, 9.17) is 16.3 Å². The van der Waals surface area contributed by atoms with Crippen LogP contribution in [0.25, 0.3) is 0 Å². The van der Waals surface area contributed by atoms with Crippen molar-refractivity contribution < 1.29 is 19.1 Å². The minimum Gasteiger partial charge on any atom is -0.457 e. The minimum atomic E-state index is -0.467. The number of fused-ring (bicyclic) bond motifs is 5. The van der Waals surface area contributed by atoms with E-state index in [-0.39, 0.29) is 42.1 Å². The van der Waals surface area contributed by atoms with Gasteiger partial charge in [0.2, 0.25) is 11.8 Å². The molecule has 4 atom stereocenters. The number of nitrogens with zero attached hydrogens (tertiary/aromatic N) is 1. The van der Waals surface area contributed by atoms with E-state index in [2.05, 4.69) is 6.08 Å². The number of allylic oxidation sites excluding steroid dienone is 2. The number of halogens is 1. The van der Waals surface area contributed by atoms with Gasteiger partial charge in [-0.15, -0.1) is 0 Å². The first-order valence-electron chi connectivity index (χ1n) is 10.0. The summed E-state index contributed by atoms with van der Waals surface area (Å²) in [6.07, 6.45) is 3.06. The molecular weight excluding hydrogens is 402 g/mol. The monoisotopic (exact) mass is 421 g/mol. The van der Waals surface area contributed by atoms with Crippen LogP contribution in [0.15, 0.2) is 60.2 Å². The van der Waals surface area contributed by atoms with E-state index in [1.807, 2.05) is 6.92 Å². The molecule has 1 aliphatic heterocycles. The van der Waals surface area contributed by atoms with Crippen molar-refractivity contribution in [2.75, 3.05) is 4.90 Å². The van der Waals surface area contributed by atoms with Crippen LogP contribution in [0.4, 0.5) is 5.69 Å². The second kappa shape index (κ2) is 7.10. The zero-order valence-corrected chi connectivity index (χ0v) is 17.1. The molecule has 2 aliphatic carbocycles. The van der Waals surface area contributed by atoms with Gasteiger partial charge in [0.1, 0.15) is 6.61 Å². The molecule has 5 nitrogen and oxygen atoms in total. The summed E-state index contributed by atoms with van der Waals surface area (Å²) in [6, 6.07) is 13.5. The topological polar surface area (TPSA) is 63.7 Å². The van der Waals surface area contributed by atoms with Crippen LogP contribution in [0.3, 0.4) is 0 Å². The summed E-state index contributed by atoms with van der Waals surface area (Å²) in [5.41, 5.74) is 2.93. The molecule has 3 aliphatic rings. The lowest BCUT2D eigenvalue weighted by Crippen LogP contribution is -2.32. The number of anilines is 1. The molecule has 2 amide bonds. The lowest BCUT2D eigenvalue weighted by atomic mass is 9.82. The van der Waals surface area contributed by atoms with Gasteiger partial charge in [0.15, 0.2) is 0 Å². The van der Waals surface area contributed by atoms with Crippen LogP contribution in [0.1, 0.15) is 29.3 Å². The number of imide groups is 1. The molecular formula is C24H20ClNO4. The first-order chi connectivity index (χ1) is 14.4. The van der Waals surface area contributed by atoms with Crippen molar-refractivity contribution in [2.24, 2.45) is 23.7 Å². The summed E-state index contributed by atoms with van der Waals surface area (Å²) >= 11 is 5.85. The number of carbonyl (C=O) groups excluding carboxylic acids is 3. The van der Waals surface area contributed by atoms with Gasteiger partial charge in [-0.05, 0) is 67.1 Å². The molecule has 1 saturated carbocycles. The van der Waals surface area contributed by atoms with Crippen molar-refractivity contribution in [1.82, 2.24) is 0 Å². The summed E-state index contributed by atoms with van der Waals surface area (Å²) in [6.45, 7) is 2.19. The van der Waals surface area contributed by atoms with E-state index >= 15 is 0 Å². The Morgan fingerprint density at radius 1 is 1.03 bits per heavy atom. The van der Waals surface area contributed by atoms with E-state index in [0.717, 1.165) is 12.0 Å². The highest BCUT2D eigenvalue weighted by atomic mass is 35.5. The zero-order chi connectivity index (χ0) is 21.0. The maximum Gasteiger partial charge on any atom is 0.338 e. The molecule has 30 heavy (non-hydrogen) atoms. The fraction of sp³-hybridized carbons (Fsp3) is 0.292. The summed E-state index contributed by atoms with van der Waals surface area (Å²) in [5, 5.41) is 0.620. The number of hydrogen-bond donors (Lipinski definition) is 0. The Kier molecular flexibility index (Phi) is 4.51. The Hall–Kier alpha value is -2.92. The zero-order valence-electron chi connectivity index (χ0n) is 16.4. The summed E-state index contributed by atoms with van der Waals surface area (Å²) in [7, 11) is 0. The van der Waals surface area contributed by atoms with Gasteiger partial charge in [0, 0.05) is 5.02 Å². The van der Waals surface area contributed by atoms with Crippen molar-refractivity contribution in [2.45, 2.75) is 20.0 Å². The first kappa shape index (κ1) is 19.1. The quantitative estimate of drug-likeness (QED) is 0.417. The number of benzene rings is 2. The normalized spacial score (nSPS) is 26.7. The number of amides is 2. The number of hydrogen-bond acceptors (Lipinski definition) is 4. The van der Waals surface area contributed by atoms with Crippen LogP contribution in [0, 0.1) is 23.7 Å². The van der Waals surface area contributed by atoms with Crippen molar-refractivity contribution in [3.8, 4) is 0 Å². The van der Waals surface area contributed by atoms with Crippen molar-refractivity contribution in [1.29, 1.82) is 0 Å². The van der Waals surface area contributed by atoms with Gasteiger partial charge in [-0.3, -0.25) is 14.5 Å². The van der Waals surface area contributed by atoms with Gasteiger partial charge in [-0.25, -0.2) is 4.79 Å². The van der Waals surface area contributed by atoms with E-state index in [0.29, 0.717) is 16.3 Å². The molecule has 0 aromatic heterocycles. The van der Waals surface area contributed by atoms with E-state index in [1.165, 1.54) is 10.5 Å². The fourth-order valence-corrected chi connectivity index (χ4v) is 5.21. The minimum absolute atomic E-state index is 0.122. The van der Waals surface area contributed by atoms with Crippen LogP contribution in [0.5, 0.6) is 0 Å². The molecule has 6 heteroatoms. The molecule has 5 rings (SSSR count). The van der Waals surface area contributed by atoms with Crippen molar-refractivity contribution >= 4 is 35.1 Å². The van der Waals surface area contributed by atoms with Gasteiger partial charge in [-0.1, -0.05) is 35.4 Å². The second-order valence-electron chi connectivity index (χ2n) is 8.23. The molecule has 152 valence electrons. The Balaban J connectivity index is 1.28. The van der Waals surface area contributed by atoms with Crippen LogP contribution in [-0.4, -0.2) is 17.8 Å². The van der Waals surface area contributed by atoms with Crippen molar-refractivity contribution in [3.63, 3.8) is 0 Å². The van der Waals surface area contributed by atoms with Crippen LogP contribution >= 0.6 is 11.6 Å². The second-order valence-corrected chi connectivity index (χ2v) is 8.67. The molecule has 0 spiro atoms. The maximum absolute atomic E-state index is 13.0. The van der Waals surface area contributed by atoms with E-state index < -0.39 is 5.97 Å². The summed E-state index contributed by atoms with van der Waals surface area (Å²) in [5.74, 6) is -0.841. The molecule has 2 aromatic rings. The molecule has 1 heterocycles. The highest BCUT2D eigenvalue weighted by Gasteiger charge is 2.60. The van der Waals surface area contributed by atoms with Gasteiger partial charge >= 0.3 is 5.97 Å². The Morgan fingerprint density at radius 2 is 1.70 bits per heavy atom. The van der Waals surface area contributed by atoms with E-state index in [9.17, 15) is 14.4 Å². The van der Waals surface area contributed by atoms with Crippen LogP contribution in [0.2, 0.25) is 5.02 Å². The Labute approximate surface area is 179 Å². The van der Waals surface area contributed by atoms with E-state index in [1.54, 1.807) is 48.5 Å². The van der Waals surface area contributed by atoms with Crippen LogP contribution in [-0.2, 0) is 20.9 Å². The Bertz CT molecular complexity index is 1070. The number of esters is 1. The average Bonchev–Trinajstić information content (AvgIpc) is 3.38. The third-order valence-electron chi connectivity index (χ3n) is 6.53. The van der Waals surface area contributed by atoms with Gasteiger partial charge in [0.05, 0.1) is 23.1 Å². The predicted octanol–water partition coefficient (Wildman–Crippen LogP) is 4.40. The summed E-state index contributed by atoms with van der Waals surface area (Å²) in [4.78, 5) is 39.6. The lowest BCUT2D eigenvalue weighted by molar-refractivity contribution is -0.123. The Morgan fingerprint density at radius 3 is 2.40 bits per heavy atom. The van der Waals surface area contributed by atoms with Crippen LogP contribution < -0.4 is 4.90 Å². The third-order valence-corrected chi connectivity index (χ3v) is 6.78. The molecule has 0 unspecified atom stereocenters. The standard InChI is InChI=1S/C24H20ClNO4/c1-13-10-16-11-19(13)21-20(16)22(27)26(23(21)28)18-8-4-15(5-9-18)24(29)30-12-14-2-6-17(25)7-3-14/h2-10,16,19-21H,11-12H2,1H3/t16-,19-,20-,21-/m1/s1. The smallest absolute Gasteiger partial charge is 0.338 e. The maximum atomic E-state index is 13.0. The molecule has 2 aromatic carbocycles. The number of ether oxygens (including phenoxy) is 1. The van der Waals surface area contributed by atoms with Crippen molar-refractivity contribution in [3.05, 3.63) is 76.3 Å². The van der Waals surface area contributed by atoms with Gasteiger partial charge in [0.25, 0.3) is 0 Å².